The number of amides is 1. The van der Waals surface area contributed by atoms with Crippen molar-refractivity contribution in [3.05, 3.63) is 64.4 Å². The van der Waals surface area contributed by atoms with Gasteiger partial charge in [0.15, 0.2) is 11.4 Å². The second-order valence-electron chi connectivity index (χ2n) is 11.0. The van der Waals surface area contributed by atoms with E-state index in [1.807, 2.05) is 6.07 Å². The third-order valence-corrected chi connectivity index (χ3v) is 8.35. The van der Waals surface area contributed by atoms with Crippen LogP contribution in [0, 0.1) is 11.8 Å². The third-order valence-electron chi connectivity index (χ3n) is 8.35. The molecule has 0 aliphatic heterocycles. The van der Waals surface area contributed by atoms with Crippen LogP contribution in [0.3, 0.4) is 0 Å². The molecular formula is C29H31N3O8. The van der Waals surface area contributed by atoms with Gasteiger partial charge in [0.25, 0.3) is 5.91 Å². The summed E-state index contributed by atoms with van der Waals surface area (Å²) >= 11 is 0. The van der Waals surface area contributed by atoms with E-state index in [0.29, 0.717) is 22.4 Å². The van der Waals surface area contributed by atoms with E-state index < -0.39 is 69.7 Å². The SMILES string of the molecule is CN(C)c1cc(-c2ccccc2)c(O)c2c1C[C@@H]1C(=C2O)C(=O)[C@]2(O)C(O)=C(C(N)=O)C(=O)[C@@H](N(C)C)[C@@H]2[C@H]1O. The van der Waals surface area contributed by atoms with Gasteiger partial charge in [-0.05, 0) is 37.7 Å². The summed E-state index contributed by atoms with van der Waals surface area (Å²) in [5.74, 6) is -8.43. The number of carbonyl (C=O) groups is 3. The minimum atomic E-state index is -2.94. The van der Waals surface area contributed by atoms with E-state index in [4.69, 9.17) is 5.73 Å². The molecule has 5 atom stereocenters. The van der Waals surface area contributed by atoms with E-state index in [0.717, 1.165) is 0 Å². The molecule has 0 heterocycles. The second-order valence-corrected chi connectivity index (χ2v) is 11.0. The number of phenolic OH excluding ortho intramolecular Hbond substituents is 1. The number of likely N-dealkylation sites (N-methyl/N-ethyl adjacent to an activating group) is 1. The lowest BCUT2D eigenvalue weighted by atomic mass is 9.56. The first-order valence-electron chi connectivity index (χ1n) is 12.7. The number of Topliss-reactive ketones (excluding diaryl/α,β-unsaturated/α-hetero) is 2. The molecule has 11 heteroatoms. The maximum atomic E-state index is 14.1. The van der Waals surface area contributed by atoms with Crippen molar-refractivity contribution in [2.45, 2.75) is 24.2 Å². The molecule has 3 aliphatic rings. The Morgan fingerprint density at radius 1 is 1.05 bits per heavy atom. The molecule has 210 valence electrons. The average Bonchev–Trinajstić information content (AvgIpc) is 2.88. The zero-order valence-electron chi connectivity index (χ0n) is 22.4. The smallest absolute Gasteiger partial charge is 0.255 e. The van der Waals surface area contributed by atoms with Crippen molar-refractivity contribution in [2.24, 2.45) is 17.6 Å². The fourth-order valence-electron chi connectivity index (χ4n) is 6.54. The largest absolute Gasteiger partial charge is 0.508 e. The number of fused-ring (bicyclic) bond motifs is 3. The second kappa shape index (κ2) is 9.19. The summed E-state index contributed by atoms with van der Waals surface area (Å²) in [6.07, 6.45) is -1.67. The van der Waals surface area contributed by atoms with Crippen LogP contribution in [0.1, 0.15) is 11.1 Å². The van der Waals surface area contributed by atoms with Gasteiger partial charge >= 0.3 is 0 Å². The van der Waals surface area contributed by atoms with Gasteiger partial charge in [0.05, 0.1) is 23.6 Å². The van der Waals surface area contributed by atoms with Gasteiger partial charge in [-0.2, -0.15) is 0 Å². The molecule has 2 aromatic carbocycles. The molecule has 5 rings (SSSR count). The Kier molecular flexibility index (Phi) is 6.29. The molecule has 7 N–H and O–H groups in total. The summed E-state index contributed by atoms with van der Waals surface area (Å²) in [7, 11) is 6.48. The standard InChI is InChI=1S/C29H31N3O8/c1-31(2)16-11-13(12-8-6-5-7-9-12)22(33)17-14(16)10-15-18(24(17)35)26(37)29(40)20(23(15)34)21(32(3)4)25(36)19(27(29)38)28(30)39/h5-9,11,15,20-21,23,33-35,38,40H,10H2,1-4H3,(H2,30,39)/t15-,20-,21+,23+,29+/m1/s1. The van der Waals surface area contributed by atoms with Crippen LogP contribution < -0.4 is 10.6 Å². The first kappa shape index (κ1) is 27.4. The molecule has 0 aromatic heterocycles. The number of primary amides is 1. The Morgan fingerprint density at radius 3 is 2.23 bits per heavy atom. The number of aromatic hydroxyl groups is 1. The fraction of sp³-hybridized carbons (Fsp3) is 0.345. The number of aliphatic hydroxyl groups excluding tert-OH is 3. The summed E-state index contributed by atoms with van der Waals surface area (Å²) < 4.78 is 0. The van der Waals surface area contributed by atoms with Crippen LogP contribution in [0.2, 0.25) is 0 Å². The van der Waals surface area contributed by atoms with Crippen molar-refractivity contribution in [3.63, 3.8) is 0 Å². The van der Waals surface area contributed by atoms with Gasteiger partial charge in [0.2, 0.25) is 5.78 Å². The third kappa shape index (κ3) is 3.51. The van der Waals surface area contributed by atoms with Gasteiger partial charge in [-0.3, -0.25) is 19.3 Å². The molecule has 1 amide bonds. The number of anilines is 1. The number of rotatable bonds is 4. The maximum absolute atomic E-state index is 14.1. The van der Waals surface area contributed by atoms with E-state index in [-0.39, 0.29) is 17.7 Å². The maximum Gasteiger partial charge on any atom is 0.255 e. The highest BCUT2D eigenvalue weighted by atomic mass is 16.4. The number of hydrogen-bond donors (Lipinski definition) is 6. The molecule has 0 radical (unpaired) electrons. The minimum Gasteiger partial charge on any atom is -0.508 e. The van der Waals surface area contributed by atoms with Gasteiger partial charge in [-0.25, -0.2) is 0 Å². The first-order chi connectivity index (χ1) is 18.7. The minimum absolute atomic E-state index is 0.0359. The van der Waals surface area contributed by atoms with Crippen molar-refractivity contribution >= 4 is 28.9 Å². The van der Waals surface area contributed by atoms with Crippen molar-refractivity contribution in [1.29, 1.82) is 0 Å². The van der Waals surface area contributed by atoms with E-state index in [1.54, 1.807) is 49.3 Å². The van der Waals surface area contributed by atoms with Crippen molar-refractivity contribution in [1.82, 2.24) is 4.90 Å². The van der Waals surface area contributed by atoms with Crippen LogP contribution >= 0.6 is 0 Å². The van der Waals surface area contributed by atoms with E-state index in [1.165, 1.54) is 19.0 Å². The van der Waals surface area contributed by atoms with E-state index >= 15 is 0 Å². The zero-order valence-corrected chi connectivity index (χ0v) is 22.4. The lowest BCUT2D eigenvalue weighted by Gasteiger charge is -2.52. The summed E-state index contributed by atoms with van der Waals surface area (Å²) in [6.45, 7) is 0. The lowest BCUT2D eigenvalue weighted by Crippen LogP contribution is -2.70. The summed E-state index contributed by atoms with van der Waals surface area (Å²) in [4.78, 5) is 42.6. The quantitative estimate of drug-likeness (QED) is 0.296. The van der Waals surface area contributed by atoms with Crippen LogP contribution in [0.5, 0.6) is 5.75 Å². The molecule has 40 heavy (non-hydrogen) atoms. The Bertz CT molecular complexity index is 1530. The molecule has 3 aliphatic carbocycles. The normalized spacial score (nSPS) is 27.9. The summed E-state index contributed by atoms with van der Waals surface area (Å²) in [5.41, 5.74) is 3.07. The molecule has 1 saturated carbocycles. The summed E-state index contributed by atoms with van der Waals surface area (Å²) in [5, 5.41) is 57.4. The number of aliphatic hydroxyl groups is 4. The van der Waals surface area contributed by atoms with Crippen LogP contribution in [-0.2, 0) is 20.8 Å². The van der Waals surface area contributed by atoms with E-state index in [2.05, 4.69) is 0 Å². The van der Waals surface area contributed by atoms with Gasteiger partial charge < -0.3 is 36.2 Å². The monoisotopic (exact) mass is 549 g/mol. The molecule has 0 unspecified atom stereocenters. The number of hydrogen-bond acceptors (Lipinski definition) is 10. The number of nitrogens with two attached hydrogens (primary N) is 1. The highest BCUT2D eigenvalue weighted by Gasteiger charge is 2.67. The lowest BCUT2D eigenvalue weighted by molar-refractivity contribution is -0.168. The predicted octanol–water partition coefficient (Wildman–Crippen LogP) is 0.668. The van der Waals surface area contributed by atoms with Crippen molar-refractivity contribution < 1.29 is 39.9 Å². The molecule has 1 fully saturated rings. The molecule has 11 nitrogen and oxygen atoms in total. The molecule has 0 spiro atoms. The van der Waals surface area contributed by atoms with Gasteiger partial charge in [-0.15, -0.1) is 0 Å². The van der Waals surface area contributed by atoms with Crippen LogP contribution in [0.15, 0.2) is 53.3 Å². The van der Waals surface area contributed by atoms with Gasteiger partial charge in [0.1, 0.15) is 22.8 Å². The average molecular weight is 550 g/mol. The Morgan fingerprint density at radius 2 is 1.68 bits per heavy atom. The Hall–Kier alpha value is -4.19. The van der Waals surface area contributed by atoms with Crippen LogP contribution in [0.25, 0.3) is 16.9 Å². The van der Waals surface area contributed by atoms with Crippen LogP contribution in [0.4, 0.5) is 5.69 Å². The highest BCUT2D eigenvalue weighted by Crippen LogP contribution is 2.55. The highest BCUT2D eigenvalue weighted by molar-refractivity contribution is 6.24. The molecular weight excluding hydrogens is 518 g/mol. The molecule has 2 aromatic rings. The predicted molar refractivity (Wildman–Crippen MR) is 145 cm³/mol. The molecule has 0 saturated heterocycles. The summed E-state index contributed by atoms with van der Waals surface area (Å²) in [6, 6.07) is 9.27. The van der Waals surface area contributed by atoms with Crippen molar-refractivity contribution in [3.8, 4) is 16.9 Å². The zero-order chi connectivity index (χ0) is 29.4. The van der Waals surface area contributed by atoms with Crippen LogP contribution in [-0.4, -0.2) is 93.8 Å². The number of phenols is 1. The van der Waals surface area contributed by atoms with Gasteiger partial charge in [-0.1, -0.05) is 30.3 Å². The number of carbonyl (C=O) groups excluding carboxylic acids is 3. The number of benzene rings is 2. The van der Waals surface area contributed by atoms with Crippen molar-refractivity contribution in [2.75, 3.05) is 33.1 Å². The molecule has 0 bridgehead atoms. The van der Waals surface area contributed by atoms with Gasteiger partial charge in [0, 0.05) is 36.8 Å². The topological polar surface area (TPSA) is 185 Å². The first-order valence-corrected chi connectivity index (χ1v) is 12.7. The van der Waals surface area contributed by atoms with E-state index in [9.17, 15) is 39.9 Å². The Labute approximate surface area is 230 Å². The Balaban J connectivity index is 1.82. The number of ketones is 2. The number of nitrogens with zero attached hydrogens (tertiary/aromatic N) is 2. The fourth-order valence-corrected chi connectivity index (χ4v) is 6.54.